The quantitative estimate of drug-likeness (QED) is 0.161. The third kappa shape index (κ3) is 6.74. The molecule has 0 saturated heterocycles. The highest BCUT2D eigenvalue weighted by Crippen LogP contribution is 2.60. The van der Waals surface area contributed by atoms with Crippen LogP contribution in [-0.4, -0.2) is 0 Å². The van der Waals surface area contributed by atoms with Gasteiger partial charge in [-0.25, -0.2) is 0 Å². The van der Waals surface area contributed by atoms with Crippen LogP contribution < -0.4 is 4.90 Å². The summed E-state index contributed by atoms with van der Waals surface area (Å²) in [5, 5.41) is 0. The molecule has 308 valence electrons. The maximum absolute atomic E-state index is 2.53. The molecule has 4 aromatic carbocycles. The molecule has 11 rings (SSSR count). The fourth-order valence-corrected chi connectivity index (χ4v) is 12.9. The summed E-state index contributed by atoms with van der Waals surface area (Å²) in [6, 6.07) is 35.4. The van der Waals surface area contributed by atoms with E-state index in [9.17, 15) is 0 Å². The van der Waals surface area contributed by atoms with E-state index in [0.29, 0.717) is 23.7 Å². The van der Waals surface area contributed by atoms with E-state index in [2.05, 4.69) is 184 Å². The zero-order valence-electron chi connectivity index (χ0n) is 36.9. The van der Waals surface area contributed by atoms with Crippen LogP contribution >= 0.6 is 0 Å². The van der Waals surface area contributed by atoms with Gasteiger partial charge in [-0.15, -0.1) is 0 Å². The Hall–Kier alpha value is -5.14. The molecule has 0 radical (unpaired) electrons. The number of rotatable bonds is 8. The number of hydrogen-bond donors (Lipinski definition) is 0. The zero-order valence-corrected chi connectivity index (χ0v) is 36.9. The number of anilines is 2. The topological polar surface area (TPSA) is 3.24 Å². The van der Waals surface area contributed by atoms with Crippen molar-refractivity contribution in [2.75, 3.05) is 4.90 Å². The summed E-state index contributed by atoms with van der Waals surface area (Å²) in [7, 11) is 0. The normalized spacial score (nSPS) is 27.8. The van der Waals surface area contributed by atoms with Gasteiger partial charge in [-0.05, 0) is 180 Å². The average molecular weight is 798 g/mol. The molecule has 0 heterocycles. The van der Waals surface area contributed by atoms with Gasteiger partial charge in [0.05, 0.1) is 0 Å². The molecule has 0 aromatic heterocycles. The summed E-state index contributed by atoms with van der Waals surface area (Å²) in [5.74, 6) is 3.84. The predicted molar refractivity (Wildman–Crippen MR) is 258 cm³/mol. The van der Waals surface area contributed by atoms with E-state index in [1.54, 1.807) is 11.1 Å². The van der Waals surface area contributed by atoms with Crippen LogP contribution in [0.2, 0.25) is 0 Å². The smallest absolute Gasteiger partial charge is 0.0461 e. The molecule has 0 bridgehead atoms. The van der Waals surface area contributed by atoms with Gasteiger partial charge in [0.25, 0.3) is 0 Å². The number of hydrogen-bond acceptors (Lipinski definition) is 1. The lowest BCUT2D eigenvalue weighted by atomic mass is 9.58. The van der Waals surface area contributed by atoms with Gasteiger partial charge in [0.15, 0.2) is 0 Å². The van der Waals surface area contributed by atoms with Gasteiger partial charge >= 0.3 is 0 Å². The monoisotopic (exact) mass is 797 g/mol. The summed E-state index contributed by atoms with van der Waals surface area (Å²) in [4.78, 5) is 2.50. The Labute approximate surface area is 366 Å². The molecule has 0 spiro atoms. The highest BCUT2D eigenvalue weighted by atomic mass is 15.1. The highest BCUT2D eigenvalue weighted by Gasteiger charge is 2.49. The third-order valence-electron chi connectivity index (χ3n) is 16.6. The summed E-state index contributed by atoms with van der Waals surface area (Å²) in [6.07, 6.45) is 36.9. The molecule has 0 N–H and O–H groups in total. The van der Waals surface area contributed by atoms with E-state index in [4.69, 9.17) is 0 Å². The Balaban J connectivity index is 0.863. The maximum atomic E-state index is 2.53. The van der Waals surface area contributed by atoms with E-state index in [1.165, 1.54) is 113 Å². The Morgan fingerprint density at radius 3 is 2.11 bits per heavy atom. The minimum atomic E-state index is 0.00873. The van der Waals surface area contributed by atoms with Crippen molar-refractivity contribution >= 4 is 16.9 Å². The van der Waals surface area contributed by atoms with Gasteiger partial charge < -0.3 is 4.90 Å². The molecule has 7 aliphatic carbocycles. The average Bonchev–Trinajstić information content (AvgIpc) is 3.69. The van der Waals surface area contributed by atoms with Gasteiger partial charge in [0, 0.05) is 28.4 Å². The molecule has 6 atom stereocenters. The Kier molecular flexibility index (Phi) is 9.75. The lowest BCUT2D eigenvalue weighted by Crippen LogP contribution is -2.37. The van der Waals surface area contributed by atoms with Crippen molar-refractivity contribution in [2.45, 2.75) is 109 Å². The molecule has 1 saturated carbocycles. The molecule has 1 nitrogen and oxygen atoms in total. The SMILES string of the molecule is CC1(C)c2ccccc2-c2ccc(C3C=CC(N(c4ccc(C5=CCC(C6C=CCCC6)C=C5)cc4)c4ccc(C5CC[C@@H]5C5CC6=C(C=CCC6)C5(C)C)cc4)=CC3)cc21. The van der Waals surface area contributed by atoms with Crippen LogP contribution in [0.3, 0.4) is 0 Å². The van der Waals surface area contributed by atoms with Gasteiger partial charge in [0.1, 0.15) is 0 Å². The van der Waals surface area contributed by atoms with Crippen LogP contribution in [0.15, 0.2) is 169 Å². The molecular weight excluding hydrogens is 735 g/mol. The van der Waals surface area contributed by atoms with E-state index in [1.807, 2.05) is 0 Å². The molecule has 1 fully saturated rings. The van der Waals surface area contributed by atoms with E-state index >= 15 is 0 Å². The first-order valence-corrected chi connectivity index (χ1v) is 23.8. The molecule has 4 aromatic rings. The van der Waals surface area contributed by atoms with Gasteiger partial charge in [-0.3, -0.25) is 0 Å². The van der Waals surface area contributed by atoms with E-state index in [0.717, 1.165) is 24.7 Å². The van der Waals surface area contributed by atoms with Crippen molar-refractivity contribution in [3.05, 3.63) is 196 Å². The second-order valence-electron chi connectivity index (χ2n) is 20.6. The van der Waals surface area contributed by atoms with Crippen molar-refractivity contribution in [2.24, 2.45) is 29.1 Å². The fraction of sp³-hybridized carbons (Fsp3) is 0.367. The largest absolute Gasteiger partial charge is 0.311 e. The molecule has 61 heavy (non-hydrogen) atoms. The number of allylic oxidation sites excluding steroid dienone is 13. The summed E-state index contributed by atoms with van der Waals surface area (Å²) in [5.41, 5.74) is 18.7. The minimum Gasteiger partial charge on any atom is -0.311 e. The standard InChI is InChI=1S/C60H63N/c1-59(2)55-16-10-8-14-47(55)39-58(59)53-37-36-51(53)45-26-33-50(34-27-45)61(48-29-22-43(23-30-48)42-20-18-41(19-21-42)40-12-6-5-7-13-40)49-31-24-44(25-32-49)46-28-35-54-52-15-9-11-17-56(52)60(3,4)57(54)38-46/h6,9-12,15-18,20-24,26-35,38,40-41,44,51,53,58H,5,7-8,13-14,19,25,36-37,39H2,1-4H3/t40?,41?,44?,51?,53-,58?/m0/s1. The predicted octanol–water partition coefficient (Wildman–Crippen LogP) is 16.3. The number of benzene rings is 4. The summed E-state index contributed by atoms with van der Waals surface area (Å²) < 4.78 is 0. The number of fused-ring (bicyclic) bond motifs is 3. The lowest BCUT2D eigenvalue weighted by Gasteiger charge is -2.46. The summed E-state index contributed by atoms with van der Waals surface area (Å²) >= 11 is 0. The minimum absolute atomic E-state index is 0.00873. The fourth-order valence-electron chi connectivity index (χ4n) is 12.9. The van der Waals surface area contributed by atoms with E-state index in [-0.39, 0.29) is 10.8 Å². The Morgan fingerprint density at radius 2 is 1.41 bits per heavy atom. The zero-order chi connectivity index (χ0) is 41.3. The van der Waals surface area contributed by atoms with Gasteiger partial charge in [-0.2, -0.15) is 0 Å². The van der Waals surface area contributed by atoms with Gasteiger partial charge in [0.2, 0.25) is 0 Å². The first-order valence-electron chi connectivity index (χ1n) is 23.8. The van der Waals surface area contributed by atoms with Crippen LogP contribution in [0, 0.1) is 29.1 Å². The van der Waals surface area contributed by atoms with Crippen LogP contribution in [-0.2, 0) is 5.41 Å². The molecule has 0 aliphatic heterocycles. The molecular formula is C60H63N. The molecule has 0 amide bonds. The van der Waals surface area contributed by atoms with Crippen LogP contribution in [0.4, 0.5) is 11.4 Å². The van der Waals surface area contributed by atoms with Crippen molar-refractivity contribution in [1.29, 1.82) is 0 Å². The van der Waals surface area contributed by atoms with Crippen LogP contribution in [0.5, 0.6) is 0 Å². The third-order valence-corrected chi connectivity index (χ3v) is 16.6. The maximum Gasteiger partial charge on any atom is 0.0461 e. The highest BCUT2D eigenvalue weighted by molar-refractivity contribution is 5.81. The van der Waals surface area contributed by atoms with Crippen molar-refractivity contribution in [3.8, 4) is 11.1 Å². The van der Waals surface area contributed by atoms with Crippen molar-refractivity contribution < 1.29 is 0 Å². The second kappa shape index (κ2) is 15.3. The second-order valence-corrected chi connectivity index (χ2v) is 20.6. The number of nitrogens with zero attached hydrogens (tertiary/aromatic N) is 1. The first-order chi connectivity index (χ1) is 29.7. The van der Waals surface area contributed by atoms with Gasteiger partial charge in [-0.1, -0.05) is 155 Å². The van der Waals surface area contributed by atoms with Crippen molar-refractivity contribution in [3.63, 3.8) is 0 Å². The van der Waals surface area contributed by atoms with Crippen molar-refractivity contribution in [1.82, 2.24) is 0 Å². The van der Waals surface area contributed by atoms with E-state index < -0.39 is 0 Å². The Morgan fingerprint density at radius 1 is 0.623 bits per heavy atom. The summed E-state index contributed by atoms with van der Waals surface area (Å²) in [6.45, 7) is 9.84. The molecule has 7 aliphatic rings. The Bertz CT molecular complexity index is 2560. The van der Waals surface area contributed by atoms with Crippen LogP contribution in [0.1, 0.15) is 132 Å². The van der Waals surface area contributed by atoms with Crippen LogP contribution in [0.25, 0.3) is 16.7 Å². The molecule has 5 unspecified atom stereocenters. The molecule has 1 heteroatoms. The lowest BCUT2D eigenvalue weighted by molar-refractivity contribution is 0.0977. The first kappa shape index (κ1) is 38.8.